The second-order valence-corrected chi connectivity index (χ2v) is 7.35. The fourth-order valence-electron chi connectivity index (χ4n) is 4.06. The number of methoxy groups -OCH3 is 3. The van der Waals surface area contributed by atoms with Crippen LogP contribution < -0.4 is 14.2 Å². The zero-order valence-electron chi connectivity index (χ0n) is 18.3. The van der Waals surface area contributed by atoms with Crippen molar-refractivity contribution < 1.29 is 33.2 Å². The summed E-state index contributed by atoms with van der Waals surface area (Å²) >= 11 is 0. The van der Waals surface area contributed by atoms with Gasteiger partial charge in [0.2, 0.25) is 0 Å². The summed E-state index contributed by atoms with van der Waals surface area (Å²) in [6.07, 6.45) is 2.65. The van der Waals surface area contributed by atoms with E-state index in [9.17, 15) is 4.79 Å². The van der Waals surface area contributed by atoms with Gasteiger partial charge in [-0.1, -0.05) is 12.5 Å². The Balaban J connectivity index is 1.87. The van der Waals surface area contributed by atoms with Crippen molar-refractivity contribution in [2.45, 2.75) is 25.2 Å². The summed E-state index contributed by atoms with van der Waals surface area (Å²) in [5.74, 6) is 1.93. The number of rotatable bonds is 12. The maximum absolute atomic E-state index is 13.4. The van der Waals surface area contributed by atoms with Crippen LogP contribution in [0.25, 0.3) is 0 Å². The maximum atomic E-state index is 13.4. The first-order valence-electron chi connectivity index (χ1n) is 10.3. The summed E-state index contributed by atoms with van der Waals surface area (Å²) < 4.78 is 32.2. The van der Waals surface area contributed by atoms with Gasteiger partial charge < -0.3 is 28.4 Å². The lowest BCUT2D eigenvalue weighted by molar-refractivity contribution is 0.0438. The molecule has 0 spiro atoms. The highest BCUT2D eigenvalue weighted by molar-refractivity contribution is 5.98. The first kappa shape index (κ1) is 23.1. The molecule has 0 aromatic heterocycles. The van der Waals surface area contributed by atoms with Crippen LogP contribution in [0.2, 0.25) is 0 Å². The lowest BCUT2D eigenvalue weighted by Crippen LogP contribution is -2.20. The number of carbonyl (C=O) groups is 1. The van der Waals surface area contributed by atoms with Crippen molar-refractivity contribution in [3.05, 3.63) is 53.6 Å². The molecule has 0 bridgehead atoms. The zero-order chi connectivity index (χ0) is 22.1. The lowest BCUT2D eigenvalue weighted by Gasteiger charge is -2.24. The third kappa shape index (κ3) is 5.76. The van der Waals surface area contributed by atoms with Crippen molar-refractivity contribution >= 4 is 5.78 Å². The van der Waals surface area contributed by atoms with Crippen LogP contribution in [0, 0.1) is 5.92 Å². The van der Waals surface area contributed by atoms with Gasteiger partial charge in [-0.25, -0.2) is 0 Å². The summed E-state index contributed by atoms with van der Waals surface area (Å²) in [7, 11) is 4.72. The van der Waals surface area contributed by atoms with E-state index >= 15 is 0 Å². The average molecular weight is 430 g/mol. The molecular formula is C24H30O7. The molecule has 1 aliphatic rings. The topological polar surface area (TPSA) is 72.5 Å². The van der Waals surface area contributed by atoms with Crippen LogP contribution in [0.1, 0.15) is 41.1 Å². The normalized spacial score (nSPS) is 18.0. The van der Waals surface area contributed by atoms with Gasteiger partial charge in [-0.3, -0.25) is 4.79 Å². The van der Waals surface area contributed by atoms with Gasteiger partial charge in [0.1, 0.15) is 17.2 Å². The molecule has 1 aliphatic carbocycles. The number of hydrogen-bond donors (Lipinski definition) is 0. The third-order valence-electron chi connectivity index (χ3n) is 5.40. The van der Waals surface area contributed by atoms with E-state index in [0.29, 0.717) is 22.8 Å². The molecule has 0 N–H and O–H groups in total. The van der Waals surface area contributed by atoms with Crippen molar-refractivity contribution in [1.82, 2.24) is 0 Å². The Bertz CT molecular complexity index is 808. The Kier molecular flexibility index (Phi) is 8.70. The molecule has 7 nitrogen and oxygen atoms in total. The molecule has 0 amide bonds. The molecule has 7 heteroatoms. The summed E-state index contributed by atoms with van der Waals surface area (Å²) in [5, 5.41) is 0. The van der Waals surface area contributed by atoms with Crippen LogP contribution in [0.3, 0.4) is 0 Å². The van der Waals surface area contributed by atoms with Gasteiger partial charge in [-0.05, 0) is 49.2 Å². The number of ether oxygens (including phenoxy) is 6. The minimum atomic E-state index is -0.164. The van der Waals surface area contributed by atoms with Crippen molar-refractivity contribution in [2.75, 3.05) is 41.7 Å². The fraction of sp³-hybridized carbons (Fsp3) is 0.458. The van der Waals surface area contributed by atoms with Crippen LogP contribution in [-0.4, -0.2) is 47.5 Å². The van der Waals surface area contributed by atoms with Crippen molar-refractivity contribution in [3.8, 4) is 17.2 Å². The Morgan fingerprint density at radius 3 is 1.97 bits per heavy atom. The van der Waals surface area contributed by atoms with Gasteiger partial charge in [0.05, 0.1) is 0 Å². The fourth-order valence-corrected chi connectivity index (χ4v) is 4.06. The molecule has 2 aromatic rings. The molecule has 0 radical (unpaired) electrons. The van der Waals surface area contributed by atoms with Gasteiger partial charge in [0.25, 0.3) is 0 Å². The van der Waals surface area contributed by atoms with Crippen molar-refractivity contribution in [1.29, 1.82) is 0 Å². The van der Waals surface area contributed by atoms with E-state index in [0.717, 1.165) is 24.8 Å². The molecule has 0 heterocycles. The molecule has 3 rings (SSSR count). The summed E-state index contributed by atoms with van der Waals surface area (Å²) in [6.45, 7) is 0.407. The van der Waals surface area contributed by atoms with E-state index in [1.807, 2.05) is 18.2 Å². The summed E-state index contributed by atoms with van der Waals surface area (Å²) in [5.41, 5.74) is 1.56. The zero-order valence-corrected chi connectivity index (χ0v) is 18.3. The molecular weight excluding hydrogens is 400 g/mol. The Hall–Kier alpha value is -2.61. The number of benzene rings is 2. The first-order valence-corrected chi connectivity index (χ1v) is 10.3. The molecule has 168 valence electrons. The van der Waals surface area contributed by atoms with E-state index in [4.69, 9.17) is 28.4 Å². The van der Waals surface area contributed by atoms with Crippen LogP contribution in [-0.2, 0) is 14.2 Å². The standard InChI is InChI=1S/C24H30O7/c1-26-14-29-18-12-10-17(11-13-18)24(25)20-7-4-6-19(20)23-21(30-15-27-2)8-5-9-22(23)31-16-28-3/h5,8-13,19-20H,4,6-7,14-16H2,1-3H3/t19-,20+/m1/s1. The highest BCUT2D eigenvalue weighted by Gasteiger charge is 2.37. The SMILES string of the molecule is COCOc1ccc(C(=O)[C@H]2CCC[C@H]2c2c(OCOC)cccc2OCOC)cc1. The van der Waals surface area contributed by atoms with E-state index in [2.05, 4.69) is 0 Å². The molecule has 2 aromatic carbocycles. The largest absolute Gasteiger partial charge is 0.468 e. The second kappa shape index (κ2) is 11.7. The van der Waals surface area contributed by atoms with Crippen LogP contribution >= 0.6 is 0 Å². The van der Waals surface area contributed by atoms with Gasteiger partial charge in [0.15, 0.2) is 26.2 Å². The predicted octanol–water partition coefficient (Wildman–Crippen LogP) is 4.40. The molecule has 31 heavy (non-hydrogen) atoms. The Labute approximate surface area is 183 Å². The van der Waals surface area contributed by atoms with Crippen LogP contribution in [0.4, 0.5) is 0 Å². The minimum Gasteiger partial charge on any atom is -0.468 e. The van der Waals surface area contributed by atoms with E-state index in [1.54, 1.807) is 45.6 Å². The number of Topliss-reactive ketones (excluding diaryl/α,β-unsaturated/α-hetero) is 1. The van der Waals surface area contributed by atoms with Gasteiger partial charge in [0, 0.05) is 44.3 Å². The van der Waals surface area contributed by atoms with Crippen LogP contribution in [0.5, 0.6) is 17.2 Å². The molecule has 1 fully saturated rings. The van der Waals surface area contributed by atoms with Gasteiger partial charge >= 0.3 is 0 Å². The third-order valence-corrected chi connectivity index (χ3v) is 5.40. The van der Waals surface area contributed by atoms with Crippen LogP contribution in [0.15, 0.2) is 42.5 Å². The van der Waals surface area contributed by atoms with E-state index in [1.165, 1.54) is 0 Å². The minimum absolute atomic E-state index is 0.0168. The number of ketones is 1. The second-order valence-electron chi connectivity index (χ2n) is 7.35. The van der Waals surface area contributed by atoms with E-state index in [-0.39, 0.29) is 38.0 Å². The lowest BCUT2D eigenvalue weighted by atomic mass is 9.83. The highest BCUT2D eigenvalue weighted by Crippen LogP contribution is 2.48. The van der Waals surface area contributed by atoms with Crippen molar-refractivity contribution in [2.24, 2.45) is 5.92 Å². The number of carbonyl (C=O) groups excluding carboxylic acids is 1. The smallest absolute Gasteiger partial charge is 0.188 e. The summed E-state index contributed by atoms with van der Waals surface area (Å²) in [4.78, 5) is 13.4. The van der Waals surface area contributed by atoms with E-state index < -0.39 is 0 Å². The average Bonchev–Trinajstić information content (AvgIpc) is 3.29. The molecule has 2 atom stereocenters. The molecule has 1 saturated carbocycles. The maximum Gasteiger partial charge on any atom is 0.188 e. The molecule has 0 unspecified atom stereocenters. The highest BCUT2D eigenvalue weighted by atomic mass is 16.7. The summed E-state index contributed by atoms with van der Waals surface area (Å²) in [6, 6.07) is 12.8. The first-order chi connectivity index (χ1) is 15.2. The monoisotopic (exact) mass is 430 g/mol. The van der Waals surface area contributed by atoms with Gasteiger partial charge in [-0.15, -0.1) is 0 Å². The van der Waals surface area contributed by atoms with Gasteiger partial charge in [-0.2, -0.15) is 0 Å². The molecule has 0 aliphatic heterocycles. The predicted molar refractivity (Wildman–Crippen MR) is 115 cm³/mol. The molecule has 0 saturated heterocycles. The quantitative estimate of drug-likeness (QED) is 0.365. The number of hydrogen-bond acceptors (Lipinski definition) is 7. The van der Waals surface area contributed by atoms with Crippen molar-refractivity contribution in [3.63, 3.8) is 0 Å². The Morgan fingerprint density at radius 1 is 0.806 bits per heavy atom. The Morgan fingerprint density at radius 2 is 1.39 bits per heavy atom.